The summed E-state index contributed by atoms with van der Waals surface area (Å²) >= 11 is 0. The number of nitrogens with zero attached hydrogens (tertiary/aromatic N) is 4. The molecule has 0 saturated carbocycles. The molecule has 8 heteroatoms. The largest absolute Gasteiger partial charge is 0.378 e. The summed E-state index contributed by atoms with van der Waals surface area (Å²) < 4.78 is 7.42. The van der Waals surface area contributed by atoms with Crippen molar-refractivity contribution in [2.75, 3.05) is 36.5 Å². The number of amides is 1. The fourth-order valence-electron chi connectivity index (χ4n) is 3.76. The van der Waals surface area contributed by atoms with Gasteiger partial charge in [0.05, 0.1) is 25.1 Å². The highest BCUT2D eigenvalue weighted by Gasteiger charge is 2.14. The number of ether oxygens (including phenoxy) is 1. The van der Waals surface area contributed by atoms with Crippen LogP contribution in [-0.2, 0) is 4.74 Å². The van der Waals surface area contributed by atoms with Crippen LogP contribution in [-0.4, -0.2) is 46.6 Å². The number of carbonyl (C=O) groups excluding carboxylic acids is 1. The molecule has 0 spiro atoms. The Bertz CT molecular complexity index is 1230. The molecular formula is C23H22N6O2. The molecule has 0 bridgehead atoms. The standard InChI is InChI=1S/C23H22N6O2/c24-21(30)17-6-4-16(5-7-17)20-15-26-22(23-25-8-9-29(20)23)27-18-2-1-3-19(14-18)28-10-12-31-13-11-28/h1-9,14-15H,10-13H2,(H2,24,30)(H,26,27). The predicted molar refractivity (Wildman–Crippen MR) is 120 cm³/mol. The first kappa shape index (κ1) is 19.1. The van der Waals surface area contributed by atoms with Gasteiger partial charge in [0.15, 0.2) is 11.5 Å². The second kappa shape index (κ2) is 8.08. The molecule has 2 aromatic heterocycles. The smallest absolute Gasteiger partial charge is 0.248 e. The van der Waals surface area contributed by atoms with Crippen molar-refractivity contribution in [2.45, 2.75) is 0 Å². The van der Waals surface area contributed by atoms with E-state index in [1.807, 2.05) is 34.9 Å². The van der Waals surface area contributed by atoms with E-state index in [0.717, 1.165) is 48.9 Å². The third-order valence-electron chi connectivity index (χ3n) is 5.38. The highest BCUT2D eigenvalue weighted by Crippen LogP contribution is 2.27. The Balaban J connectivity index is 1.45. The first-order valence-electron chi connectivity index (χ1n) is 10.1. The molecule has 0 aliphatic carbocycles. The molecule has 1 saturated heterocycles. The Morgan fingerprint density at radius 1 is 1.06 bits per heavy atom. The molecule has 0 unspecified atom stereocenters. The highest BCUT2D eigenvalue weighted by molar-refractivity contribution is 5.93. The van der Waals surface area contributed by atoms with Gasteiger partial charge in [0, 0.05) is 48.0 Å². The lowest BCUT2D eigenvalue weighted by Crippen LogP contribution is -2.36. The van der Waals surface area contributed by atoms with Crippen molar-refractivity contribution >= 4 is 28.7 Å². The maximum absolute atomic E-state index is 11.3. The van der Waals surface area contributed by atoms with Crippen LogP contribution in [0.5, 0.6) is 0 Å². The minimum Gasteiger partial charge on any atom is -0.378 e. The third-order valence-corrected chi connectivity index (χ3v) is 5.38. The molecule has 4 aromatic rings. The minimum atomic E-state index is -0.448. The summed E-state index contributed by atoms with van der Waals surface area (Å²) in [5.41, 5.74) is 10.4. The molecule has 0 radical (unpaired) electrons. The average Bonchev–Trinajstić information content (AvgIpc) is 3.31. The number of imidazole rings is 1. The fourth-order valence-corrected chi connectivity index (χ4v) is 3.76. The summed E-state index contributed by atoms with van der Waals surface area (Å²) in [7, 11) is 0. The number of hydrogen-bond donors (Lipinski definition) is 2. The second-order valence-electron chi connectivity index (χ2n) is 7.33. The van der Waals surface area contributed by atoms with E-state index in [1.54, 1.807) is 24.5 Å². The van der Waals surface area contributed by atoms with Crippen molar-refractivity contribution < 1.29 is 9.53 Å². The van der Waals surface area contributed by atoms with Gasteiger partial charge in [0.2, 0.25) is 5.91 Å². The van der Waals surface area contributed by atoms with E-state index < -0.39 is 5.91 Å². The van der Waals surface area contributed by atoms with Crippen molar-refractivity contribution in [3.8, 4) is 11.3 Å². The molecule has 1 fully saturated rings. The van der Waals surface area contributed by atoms with Crippen molar-refractivity contribution in [1.29, 1.82) is 0 Å². The highest BCUT2D eigenvalue weighted by atomic mass is 16.5. The zero-order valence-electron chi connectivity index (χ0n) is 16.9. The van der Waals surface area contributed by atoms with Gasteiger partial charge in [-0.2, -0.15) is 0 Å². The lowest BCUT2D eigenvalue weighted by molar-refractivity contribution is 0.100. The van der Waals surface area contributed by atoms with Crippen LogP contribution in [0.15, 0.2) is 67.1 Å². The topological polar surface area (TPSA) is 97.8 Å². The number of morpholine rings is 1. The molecule has 3 N–H and O–H groups in total. The number of primary amides is 1. The van der Waals surface area contributed by atoms with Gasteiger partial charge in [-0.25, -0.2) is 9.97 Å². The van der Waals surface area contributed by atoms with Gasteiger partial charge in [-0.1, -0.05) is 18.2 Å². The summed E-state index contributed by atoms with van der Waals surface area (Å²) in [6.45, 7) is 3.26. The number of fused-ring (bicyclic) bond motifs is 1. The van der Waals surface area contributed by atoms with Crippen molar-refractivity contribution in [2.24, 2.45) is 5.73 Å². The normalized spacial score (nSPS) is 14.0. The first-order valence-corrected chi connectivity index (χ1v) is 10.1. The Morgan fingerprint density at radius 2 is 1.87 bits per heavy atom. The molecule has 5 rings (SSSR count). The molecule has 1 aliphatic heterocycles. The number of hydrogen-bond acceptors (Lipinski definition) is 6. The van der Waals surface area contributed by atoms with E-state index >= 15 is 0 Å². The predicted octanol–water partition coefficient (Wildman–Crippen LogP) is 3.08. The number of nitrogens with one attached hydrogen (secondary N) is 1. The minimum absolute atomic E-state index is 0.448. The summed E-state index contributed by atoms with van der Waals surface area (Å²) in [5.74, 6) is 0.220. The van der Waals surface area contributed by atoms with E-state index in [-0.39, 0.29) is 0 Å². The quantitative estimate of drug-likeness (QED) is 0.521. The molecule has 156 valence electrons. The van der Waals surface area contributed by atoms with Gasteiger partial charge in [0.25, 0.3) is 0 Å². The van der Waals surface area contributed by atoms with Crippen LogP contribution in [0.4, 0.5) is 17.2 Å². The van der Waals surface area contributed by atoms with Gasteiger partial charge in [0.1, 0.15) is 0 Å². The SMILES string of the molecule is NC(=O)c1ccc(-c2cnc(Nc3cccc(N4CCOCC4)c3)c3nccn23)cc1. The average molecular weight is 414 g/mol. The van der Waals surface area contributed by atoms with Gasteiger partial charge in [-0.3, -0.25) is 9.20 Å². The van der Waals surface area contributed by atoms with Crippen molar-refractivity contribution in [3.05, 3.63) is 72.7 Å². The van der Waals surface area contributed by atoms with Crippen LogP contribution >= 0.6 is 0 Å². The van der Waals surface area contributed by atoms with E-state index in [4.69, 9.17) is 10.5 Å². The lowest BCUT2D eigenvalue weighted by atomic mass is 10.1. The first-order chi connectivity index (χ1) is 15.2. The zero-order valence-corrected chi connectivity index (χ0v) is 16.9. The van der Waals surface area contributed by atoms with Crippen LogP contribution < -0.4 is 16.0 Å². The van der Waals surface area contributed by atoms with Gasteiger partial charge in [-0.05, 0) is 30.3 Å². The van der Waals surface area contributed by atoms with Gasteiger partial charge < -0.3 is 20.7 Å². The number of nitrogens with two attached hydrogens (primary N) is 1. The molecule has 2 aromatic carbocycles. The summed E-state index contributed by atoms with van der Waals surface area (Å²) in [6, 6.07) is 15.4. The maximum atomic E-state index is 11.3. The van der Waals surface area contributed by atoms with Crippen LogP contribution in [0.2, 0.25) is 0 Å². The molecule has 1 aliphatic rings. The van der Waals surface area contributed by atoms with Crippen LogP contribution in [0.25, 0.3) is 16.9 Å². The zero-order chi connectivity index (χ0) is 21.2. The van der Waals surface area contributed by atoms with Crippen molar-refractivity contribution in [1.82, 2.24) is 14.4 Å². The molecule has 0 atom stereocenters. The van der Waals surface area contributed by atoms with Gasteiger partial charge in [-0.15, -0.1) is 0 Å². The summed E-state index contributed by atoms with van der Waals surface area (Å²) in [6.07, 6.45) is 5.43. The van der Waals surface area contributed by atoms with Crippen LogP contribution in [0.1, 0.15) is 10.4 Å². The lowest BCUT2D eigenvalue weighted by Gasteiger charge is -2.29. The molecule has 8 nitrogen and oxygen atoms in total. The Morgan fingerprint density at radius 3 is 2.65 bits per heavy atom. The molecular weight excluding hydrogens is 392 g/mol. The van der Waals surface area contributed by atoms with E-state index in [2.05, 4.69) is 32.3 Å². The third kappa shape index (κ3) is 3.80. The van der Waals surface area contributed by atoms with E-state index in [0.29, 0.717) is 17.0 Å². The Kier molecular flexibility index (Phi) is 4.97. The van der Waals surface area contributed by atoms with E-state index in [1.165, 1.54) is 0 Å². The fraction of sp³-hybridized carbons (Fsp3) is 0.174. The van der Waals surface area contributed by atoms with Crippen LogP contribution in [0.3, 0.4) is 0 Å². The monoisotopic (exact) mass is 414 g/mol. The van der Waals surface area contributed by atoms with Gasteiger partial charge >= 0.3 is 0 Å². The number of carbonyl (C=O) groups is 1. The van der Waals surface area contributed by atoms with E-state index in [9.17, 15) is 4.79 Å². The number of benzene rings is 2. The van der Waals surface area contributed by atoms with Crippen molar-refractivity contribution in [3.63, 3.8) is 0 Å². The molecule has 3 heterocycles. The second-order valence-corrected chi connectivity index (χ2v) is 7.33. The summed E-state index contributed by atoms with van der Waals surface area (Å²) in [5, 5.41) is 3.40. The Hall–Kier alpha value is -3.91. The summed E-state index contributed by atoms with van der Waals surface area (Å²) in [4.78, 5) is 22.8. The number of rotatable bonds is 5. The number of anilines is 3. The van der Waals surface area contributed by atoms with Crippen LogP contribution in [0, 0.1) is 0 Å². The number of aromatic nitrogens is 3. The Labute approximate surface area is 179 Å². The molecule has 1 amide bonds. The maximum Gasteiger partial charge on any atom is 0.248 e. The molecule has 31 heavy (non-hydrogen) atoms.